The Bertz CT molecular complexity index is 261. The summed E-state index contributed by atoms with van der Waals surface area (Å²) in [6, 6.07) is 4.59. The van der Waals surface area contributed by atoms with Gasteiger partial charge in [0.2, 0.25) is 0 Å². The zero-order chi connectivity index (χ0) is 7.56. The van der Waals surface area contributed by atoms with Crippen molar-refractivity contribution in [3.63, 3.8) is 0 Å². The Morgan fingerprint density at radius 3 is 2.80 bits per heavy atom. The highest BCUT2D eigenvalue weighted by Crippen LogP contribution is 2.09. The van der Waals surface area contributed by atoms with E-state index in [9.17, 15) is 10.1 Å². The largest absolute Gasteiger partial charge is 0.475 e. The van der Waals surface area contributed by atoms with Gasteiger partial charge in [-0.3, -0.25) is 0 Å². The van der Waals surface area contributed by atoms with Gasteiger partial charge in [0.15, 0.2) is 0 Å². The molecule has 51 valence electrons. The molecule has 5 heteroatoms. The van der Waals surface area contributed by atoms with E-state index in [0.717, 1.165) is 12.1 Å². The Morgan fingerprint density at radius 2 is 2.40 bits per heavy atom. The van der Waals surface area contributed by atoms with Crippen molar-refractivity contribution >= 4 is 5.82 Å². The third-order valence-electron chi connectivity index (χ3n) is 0.841. The second-order valence-corrected chi connectivity index (χ2v) is 1.54. The molecular formula is C5H3N2O3. The summed E-state index contributed by atoms with van der Waals surface area (Å²) in [5.74, 6) is -0.797. The quantitative estimate of drug-likeness (QED) is 0.453. The van der Waals surface area contributed by atoms with Crippen LogP contribution in [0.3, 0.4) is 0 Å². The first-order chi connectivity index (χ1) is 4.70. The Balaban J connectivity index is 3.07. The lowest BCUT2D eigenvalue weighted by Gasteiger charge is -1.88. The molecule has 0 fully saturated rings. The Morgan fingerprint density at radius 1 is 1.70 bits per heavy atom. The van der Waals surface area contributed by atoms with Crippen LogP contribution >= 0.6 is 0 Å². The minimum absolute atomic E-state index is 0.394. The first-order valence-corrected chi connectivity index (χ1v) is 2.41. The average molecular weight is 139 g/mol. The topological polar surface area (TPSA) is 76.3 Å². The van der Waals surface area contributed by atoms with E-state index >= 15 is 0 Å². The second-order valence-electron chi connectivity index (χ2n) is 1.54. The van der Waals surface area contributed by atoms with Gasteiger partial charge in [0.25, 0.3) is 0 Å². The molecule has 1 N–H and O–H groups in total. The van der Waals surface area contributed by atoms with Crippen LogP contribution in [0.5, 0.6) is 5.88 Å². The fraction of sp³-hybridized carbons (Fsp3) is 0. The average Bonchev–Trinajstić information content (AvgIpc) is 1.88. The zero-order valence-electron chi connectivity index (χ0n) is 4.81. The standard InChI is InChI=1S/C5H3N2O3/c8-5-3-1-2-4(6-5)7(9)10/h2-3H,(H,6,8). The maximum Gasteiger partial charge on any atom is 0.368 e. The molecule has 0 saturated heterocycles. The lowest BCUT2D eigenvalue weighted by Crippen LogP contribution is -1.90. The number of pyridine rings is 1. The minimum Gasteiger partial charge on any atom is -0.475 e. The fourth-order valence-electron chi connectivity index (χ4n) is 0.466. The number of aromatic nitrogens is 1. The van der Waals surface area contributed by atoms with Gasteiger partial charge in [-0.2, -0.15) is 0 Å². The van der Waals surface area contributed by atoms with Gasteiger partial charge >= 0.3 is 11.7 Å². The molecular weight excluding hydrogens is 136 g/mol. The molecule has 1 aromatic rings. The summed E-state index contributed by atoms with van der Waals surface area (Å²) in [5, 5.41) is 18.6. The van der Waals surface area contributed by atoms with Crippen molar-refractivity contribution in [2.75, 3.05) is 0 Å². The van der Waals surface area contributed by atoms with Gasteiger partial charge in [0.05, 0.1) is 0 Å². The molecule has 0 aliphatic rings. The number of hydrogen-bond acceptors (Lipinski definition) is 4. The van der Waals surface area contributed by atoms with Crippen molar-refractivity contribution in [2.24, 2.45) is 0 Å². The summed E-state index contributed by atoms with van der Waals surface area (Å²) in [6.07, 6.45) is 0. The van der Waals surface area contributed by atoms with Gasteiger partial charge in [0.1, 0.15) is 0 Å². The van der Waals surface area contributed by atoms with Crippen LogP contribution in [0.4, 0.5) is 5.82 Å². The van der Waals surface area contributed by atoms with Gasteiger partial charge in [-0.1, -0.05) is 0 Å². The predicted octanol–water partition coefficient (Wildman–Crippen LogP) is 0.496. The van der Waals surface area contributed by atoms with Crippen molar-refractivity contribution in [3.05, 3.63) is 28.3 Å². The van der Waals surface area contributed by atoms with Crippen molar-refractivity contribution < 1.29 is 10.0 Å². The van der Waals surface area contributed by atoms with Crippen LogP contribution in [0.1, 0.15) is 0 Å². The number of nitro groups is 1. The molecule has 0 aromatic carbocycles. The molecule has 1 radical (unpaired) electrons. The molecule has 0 aliphatic carbocycles. The van der Waals surface area contributed by atoms with Crippen LogP contribution in [0, 0.1) is 16.2 Å². The third-order valence-corrected chi connectivity index (χ3v) is 0.841. The van der Waals surface area contributed by atoms with Gasteiger partial charge in [-0.05, 0) is 11.0 Å². The van der Waals surface area contributed by atoms with Crippen molar-refractivity contribution in [1.29, 1.82) is 0 Å². The van der Waals surface area contributed by atoms with E-state index in [4.69, 9.17) is 5.11 Å². The molecule has 0 bridgehead atoms. The van der Waals surface area contributed by atoms with E-state index in [0.29, 0.717) is 0 Å². The SMILES string of the molecule is O=[N+]([O-])c1c[c]cc(O)n1. The number of hydrogen-bond donors (Lipinski definition) is 1. The molecule has 1 rings (SSSR count). The Labute approximate surface area is 56.1 Å². The van der Waals surface area contributed by atoms with Crippen molar-refractivity contribution in [1.82, 2.24) is 4.98 Å². The monoisotopic (exact) mass is 139 g/mol. The summed E-state index contributed by atoms with van der Waals surface area (Å²) in [6.45, 7) is 0. The van der Waals surface area contributed by atoms with E-state index in [1.165, 1.54) is 0 Å². The molecule has 1 aromatic heterocycles. The smallest absolute Gasteiger partial charge is 0.368 e. The third kappa shape index (κ3) is 1.19. The van der Waals surface area contributed by atoms with Crippen LogP contribution < -0.4 is 0 Å². The van der Waals surface area contributed by atoms with Gasteiger partial charge in [0, 0.05) is 17.1 Å². The molecule has 10 heavy (non-hydrogen) atoms. The summed E-state index contributed by atoms with van der Waals surface area (Å²) in [7, 11) is 0. The maximum atomic E-state index is 9.97. The van der Waals surface area contributed by atoms with Crippen LogP contribution in [-0.2, 0) is 0 Å². The summed E-state index contributed by atoms with van der Waals surface area (Å²) in [4.78, 5) is 12.5. The predicted molar refractivity (Wildman–Crippen MR) is 31.4 cm³/mol. The molecule has 1 heterocycles. The first-order valence-electron chi connectivity index (χ1n) is 2.41. The lowest BCUT2D eigenvalue weighted by molar-refractivity contribution is -0.389. The van der Waals surface area contributed by atoms with E-state index < -0.39 is 16.6 Å². The highest BCUT2D eigenvalue weighted by Gasteiger charge is 2.06. The number of rotatable bonds is 1. The molecule has 5 nitrogen and oxygen atoms in total. The summed E-state index contributed by atoms with van der Waals surface area (Å²) in [5.41, 5.74) is 0. The van der Waals surface area contributed by atoms with E-state index in [2.05, 4.69) is 11.1 Å². The fourth-order valence-corrected chi connectivity index (χ4v) is 0.466. The van der Waals surface area contributed by atoms with Crippen LogP contribution in [0.2, 0.25) is 0 Å². The molecule has 0 spiro atoms. The second kappa shape index (κ2) is 2.30. The Hall–Kier alpha value is -1.65. The molecule has 0 atom stereocenters. The van der Waals surface area contributed by atoms with E-state index in [1.54, 1.807) is 0 Å². The lowest BCUT2D eigenvalue weighted by atomic mass is 10.4. The van der Waals surface area contributed by atoms with Crippen LogP contribution in [0.15, 0.2) is 12.1 Å². The van der Waals surface area contributed by atoms with E-state index in [1.807, 2.05) is 0 Å². The Kier molecular flexibility index (Phi) is 1.49. The van der Waals surface area contributed by atoms with Crippen molar-refractivity contribution in [3.8, 4) is 5.88 Å². The summed E-state index contributed by atoms with van der Waals surface area (Å²) >= 11 is 0. The van der Waals surface area contributed by atoms with E-state index in [-0.39, 0.29) is 0 Å². The molecule has 0 unspecified atom stereocenters. The highest BCUT2D eigenvalue weighted by atomic mass is 16.6. The van der Waals surface area contributed by atoms with Gasteiger partial charge < -0.3 is 15.2 Å². The maximum absolute atomic E-state index is 9.97. The first kappa shape index (κ1) is 6.47. The van der Waals surface area contributed by atoms with Crippen LogP contribution in [0.25, 0.3) is 0 Å². The van der Waals surface area contributed by atoms with Crippen LogP contribution in [-0.4, -0.2) is 15.0 Å². The zero-order valence-corrected chi connectivity index (χ0v) is 4.81. The molecule has 0 saturated carbocycles. The molecule has 0 aliphatic heterocycles. The number of aromatic hydroxyl groups is 1. The normalized spacial score (nSPS) is 9.20. The van der Waals surface area contributed by atoms with Gasteiger partial charge in [-0.15, -0.1) is 0 Å². The van der Waals surface area contributed by atoms with Gasteiger partial charge in [-0.25, -0.2) is 0 Å². The molecule has 0 amide bonds. The summed E-state index contributed by atoms with van der Waals surface area (Å²) < 4.78 is 0. The van der Waals surface area contributed by atoms with Crippen molar-refractivity contribution in [2.45, 2.75) is 0 Å². The highest BCUT2D eigenvalue weighted by molar-refractivity contribution is 5.22. The minimum atomic E-state index is -0.698. The number of nitrogens with zero attached hydrogens (tertiary/aromatic N) is 2.